The van der Waals surface area contributed by atoms with E-state index in [1.165, 1.54) is 16.8 Å². The van der Waals surface area contributed by atoms with Gasteiger partial charge in [-0.1, -0.05) is 0 Å². The summed E-state index contributed by atoms with van der Waals surface area (Å²) in [7, 11) is 1.71. The number of rotatable bonds is 2. The van der Waals surface area contributed by atoms with Crippen molar-refractivity contribution in [3.8, 4) is 5.75 Å². The number of nitrogens with zero attached hydrogens (tertiary/aromatic N) is 1. The molecule has 0 saturated carbocycles. The van der Waals surface area contributed by atoms with Gasteiger partial charge in [0.25, 0.3) is 0 Å². The summed E-state index contributed by atoms with van der Waals surface area (Å²) in [4.78, 5) is 2.40. The van der Waals surface area contributed by atoms with Crippen molar-refractivity contribution in [1.29, 1.82) is 0 Å². The minimum atomic E-state index is 0.824. The van der Waals surface area contributed by atoms with Gasteiger partial charge >= 0.3 is 0 Å². The van der Waals surface area contributed by atoms with Gasteiger partial charge in [-0.05, 0) is 37.1 Å². The van der Waals surface area contributed by atoms with Crippen molar-refractivity contribution >= 4 is 5.69 Å². The van der Waals surface area contributed by atoms with Crippen molar-refractivity contribution in [3.05, 3.63) is 23.3 Å². The molecule has 1 aliphatic heterocycles. The van der Waals surface area contributed by atoms with Crippen molar-refractivity contribution in [1.82, 2.24) is 0 Å². The minimum Gasteiger partial charge on any atom is -0.497 e. The van der Waals surface area contributed by atoms with Crippen LogP contribution in [0.1, 0.15) is 11.1 Å². The van der Waals surface area contributed by atoms with Gasteiger partial charge in [0, 0.05) is 18.8 Å². The average molecular weight is 221 g/mol. The van der Waals surface area contributed by atoms with E-state index in [1.54, 1.807) is 7.11 Å². The van der Waals surface area contributed by atoms with Gasteiger partial charge in [0.15, 0.2) is 0 Å². The molecule has 88 valence electrons. The SMILES string of the molecule is COc1cc(C)c(N2CCOCC2)c(C)c1. The zero-order chi connectivity index (χ0) is 11.5. The number of ether oxygens (including phenoxy) is 2. The molecule has 3 heteroatoms. The summed E-state index contributed by atoms with van der Waals surface area (Å²) in [6, 6.07) is 4.19. The Morgan fingerprint density at radius 2 is 1.69 bits per heavy atom. The zero-order valence-corrected chi connectivity index (χ0v) is 10.2. The molecule has 0 N–H and O–H groups in total. The van der Waals surface area contributed by atoms with Crippen molar-refractivity contribution in [3.63, 3.8) is 0 Å². The standard InChI is InChI=1S/C13H19NO2/c1-10-8-12(15-3)9-11(2)13(10)14-4-6-16-7-5-14/h8-9H,4-7H2,1-3H3. The Hall–Kier alpha value is -1.22. The lowest BCUT2D eigenvalue weighted by molar-refractivity contribution is 0.122. The molecule has 2 rings (SSSR count). The first-order chi connectivity index (χ1) is 7.72. The second-order valence-corrected chi connectivity index (χ2v) is 4.21. The first-order valence-electron chi connectivity index (χ1n) is 5.70. The fraction of sp³-hybridized carbons (Fsp3) is 0.538. The van der Waals surface area contributed by atoms with Gasteiger partial charge < -0.3 is 14.4 Å². The van der Waals surface area contributed by atoms with Gasteiger partial charge in [-0.2, -0.15) is 0 Å². The zero-order valence-electron chi connectivity index (χ0n) is 10.2. The van der Waals surface area contributed by atoms with E-state index in [4.69, 9.17) is 9.47 Å². The molecule has 1 aromatic rings. The molecule has 1 aliphatic rings. The van der Waals surface area contributed by atoms with Crippen LogP contribution >= 0.6 is 0 Å². The van der Waals surface area contributed by atoms with E-state index in [9.17, 15) is 0 Å². The molecule has 3 nitrogen and oxygen atoms in total. The van der Waals surface area contributed by atoms with Crippen LogP contribution < -0.4 is 9.64 Å². The van der Waals surface area contributed by atoms with E-state index in [-0.39, 0.29) is 0 Å². The molecule has 0 radical (unpaired) electrons. The second kappa shape index (κ2) is 4.74. The predicted octanol–water partition coefficient (Wildman–Crippen LogP) is 2.15. The van der Waals surface area contributed by atoms with Gasteiger partial charge in [0.05, 0.1) is 20.3 Å². The van der Waals surface area contributed by atoms with Crippen LogP contribution in [0.4, 0.5) is 5.69 Å². The normalized spacial score (nSPS) is 16.3. The summed E-state index contributed by atoms with van der Waals surface area (Å²) in [6.45, 7) is 7.89. The Morgan fingerprint density at radius 1 is 1.12 bits per heavy atom. The van der Waals surface area contributed by atoms with Crippen LogP contribution in [0.25, 0.3) is 0 Å². The van der Waals surface area contributed by atoms with Crippen LogP contribution in [-0.2, 0) is 4.74 Å². The molecule has 16 heavy (non-hydrogen) atoms. The van der Waals surface area contributed by atoms with Crippen LogP contribution in [0.2, 0.25) is 0 Å². The highest BCUT2D eigenvalue weighted by molar-refractivity contribution is 5.61. The summed E-state index contributed by atoms with van der Waals surface area (Å²) in [5.74, 6) is 0.937. The van der Waals surface area contributed by atoms with Crippen molar-refractivity contribution < 1.29 is 9.47 Å². The van der Waals surface area contributed by atoms with Gasteiger partial charge in [0.1, 0.15) is 5.75 Å². The van der Waals surface area contributed by atoms with Gasteiger partial charge in [-0.3, -0.25) is 0 Å². The smallest absolute Gasteiger partial charge is 0.119 e. The number of hydrogen-bond donors (Lipinski definition) is 0. The Morgan fingerprint density at radius 3 is 2.19 bits per heavy atom. The number of benzene rings is 1. The molecule has 0 atom stereocenters. The first kappa shape index (κ1) is 11.3. The lowest BCUT2D eigenvalue weighted by atomic mass is 10.1. The third-order valence-electron chi connectivity index (χ3n) is 3.03. The Balaban J connectivity index is 2.32. The molecular formula is C13H19NO2. The molecule has 0 bridgehead atoms. The van der Waals surface area contributed by atoms with Crippen molar-refractivity contribution in [2.75, 3.05) is 38.3 Å². The maximum absolute atomic E-state index is 5.38. The monoisotopic (exact) mass is 221 g/mol. The summed E-state index contributed by atoms with van der Waals surface area (Å²) < 4.78 is 10.7. The third kappa shape index (κ3) is 2.14. The minimum absolute atomic E-state index is 0.824. The van der Waals surface area contributed by atoms with Crippen LogP contribution in [0.15, 0.2) is 12.1 Å². The predicted molar refractivity (Wildman–Crippen MR) is 65.5 cm³/mol. The summed E-state index contributed by atoms with van der Waals surface area (Å²) in [6.07, 6.45) is 0. The average Bonchev–Trinajstić information content (AvgIpc) is 2.29. The molecule has 0 aromatic heterocycles. The summed E-state index contributed by atoms with van der Waals surface area (Å²) >= 11 is 0. The number of aryl methyl sites for hydroxylation is 2. The highest BCUT2D eigenvalue weighted by Gasteiger charge is 2.16. The molecule has 1 fully saturated rings. The Kier molecular flexibility index (Phi) is 3.34. The maximum Gasteiger partial charge on any atom is 0.119 e. The molecular weight excluding hydrogens is 202 g/mol. The van der Waals surface area contributed by atoms with E-state index in [0.29, 0.717) is 0 Å². The summed E-state index contributed by atoms with van der Waals surface area (Å²) in [5, 5.41) is 0. The fourth-order valence-corrected chi connectivity index (χ4v) is 2.32. The van der Waals surface area contributed by atoms with E-state index < -0.39 is 0 Å². The maximum atomic E-state index is 5.38. The molecule has 1 aromatic carbocycles. The van der Waals surface area contributed by atoms with Crippen LogP contribution in [-0.4, -0.2) is 33.4 Å². The van der Waals surface area contributed by atoms with E-state index in [0.717, 1.165) is 32.1 Å². The molecule has 0 unspecified atom stereocenters. The lowest BCUT2D eigenvalue weighted by Crippen LogP contribution is -2.37. The largest absolute Gasteiger partial charge is 0.497 e. The molecule has 1 saturated heterocycles. The second-order valence-electron chi connectivity index (χ2n) is 4.21. The van der Waals surface area contributed by atoms with Crippen LogP contribution in [0.3, 0.4) is 0 Å². The van der Waals surface area contributed by atoms with Crippen LogP contribution in [0, 0.1) is 13.8 Å². The van der Waals surface area contributed by atoms with Gasteiger partial charge in [0.2, 0.25) is 0 Å². The van der Waals surface area contributed by atoms with Gasteiger partial charge in [-0.25, -0.2) is 0 Å². The Labute approximate surface area is 97.0 Å². The summed E-state index contributed by atoms with van der Waals surface area (Å²) in [5.41, 5.74) is 3.89. The van der Waals surface area contributed by atoms with Gasteiger partial charge in [-0.15, -0.1) is 0 Å². The van der Waals surface area contributed by atoms with E-state index >= 15 is 0 Å². The van der Waals surface area contributed by atoms with E-state index in [1.807, 2.05) is 0 Å². The van der Waals surface area contributed by atoms with E-state index in [2.05, 4.69) is 30.9 Å². The lowest BCUT2D eigenvalue weighted by Gasteiger charge is -2.31. The third-order valence-corrected chi connectivity index (χ3v) is 3.03. The molecule has 0 spiro atoms. The van der Waals surface area contributed by atoms with Crippen molar-refractivity contribution in [2.24, 2.45) is 0 Å². The Bertz CT molecular complexity index is 347. The highest BCUT2D eigenvalue weighted by Crippen LogP contribution is 2.29. The quantitative estimate of drug-likeness (QED) is 0.763. The highest BCUT2D eigenvalue weighted by atomic mass is 16.5. The topological polar surface area (TPSA) is 21.7 Å². The first-order valence-corrected chi connectivity index (χ1v) is 5.70. The number of anilines is 1. The number of morpholine rings is 1. The number of hydrogen-bond acceptors (Lipinski definition) is 3. The molecule has 1 heterocycles. The van der Waals surface area contributed by atoms with Crippen LogP contribution in [0.5, 0.6) is 5.75 Å². The number of methoxy groups -OCH3 is 1. The molecule has 0 amide bonds. The van der Waals surface area contributed by atoms with Crippen molar-refractivity contribution in [2.45, 2.75) is 13.8 Å². The molecule has 0 aliphatic carbocycles. The fourth-order valence-electron chi connectivity index (χ4n) is 2.32.